The number of nitro groups is 1. The fourth-order valence-electron chi connectivity index (χ4n) is 2.42. The number of furan rings is 1. The summed E-state index contributed by atoms with van der Waals surface area (Å²) < 4.78 is 11.9. The number of para-hydroxylation sites is 2. The summed E-state index contributed by atoms with van der Waals surface area (Å²) in [7, 11) is 0. The van der Waals surface area contributed by atoms with Gasteiger partial charge in [0.15, 0.2) is 5.75 Å². The van der Waals surface area contributed by atoms with Crippen LogP contribution in [0, 0.1) is 10.1 Å². The molecule has 0 aliphatic heterocycles. The highest BCUT2D eigenvalue weighted by molar-refractivity contribution is 9.10. The van der Waals surface area contributed by atoms with E-state index in [0.29, 0.717) is 11.5 Å². The Balaban J connectivity index is 1.50. The Morgan fingerprint density at radius 1 is 1.17 bits per heavy atom. The quantitative estimate of drug-likeness (QED) is 0.309. The molecule has 1 amide bonds. The van der Waals surface area contributed by atoms with E-state index in [-0.39, 0.29) is 30.4 Å². The molecule has 148 valence electrons. The van der Waals surface area contributed by atoms with Crippen molar-refractivity contribution in [2.24, 2.45) is 5.10 Å². The number of carbonyl (C=O) groups is 1. The van der Waals surface area contributed by atoms with Gasteiger partial charge in [-0.25, -0.2) is 5.43 Å². The van der Waals surface area contributed by atoms with Crippen molar-refractivity contribution in [1.29, 1.82) is 0 Å². The van der Waals surface area contributed by atoms with E-state index in [4.69, 9.17) is 9.15 Å². The zero-order valence-corrected chi connectivity index (χ0v) is 16.7. The molecular weight excluding hydrogens is 442 g/mol. The number of ether oxygens (including phenoxy) is 1. The number of hydrogen-bond donors (Lipinski definition) is 1. The van der Waals surface area contributed by atoms with E-state index >= 15 is 0 Å². The first-order valence-corrected chi connectivity index (χ1v) is 9.32. The first-order chi connectivity index (χ1) is 14.0. The minimum atomic E-state index is -0.507. The summed E-state index contributed by atoms with van der Waals surface area (Å²) in [5.41, 5.74) is 3.19. The average molecular weight is 458 g/mol. The van der Waals surface area contributed by atoms with Gasteiger partial charge in [-0.1, -0.05) is 40.2 Å². The lowest BCUT2D eigenvalue weighted by Crippen LogP contribution is -2.19. The van der Waals surface area contributed by atoms with Crippen molar-refractivity contribution >= 4 is 33.7 Å². The number of nitrogens with zero attached hydrogens (tertiary/aromatic N) is 2. The van der Waals surface area contributed by atoms with E-state index in [1.165, 1.54) is 18.3 Å². The molecule has 0 radical (unpaired) electrons. The first kappa shape index (κ1) is 20.3. The lowest BCUT2D eigenvalue weighted by atomic mass is 10.1. The lowest BCUT2D eigenvalue weighted by Gasteiger charge is -2.04. The summed E-state index contributed by atoms with van der Waals surface area (Å²) in [5.74, 6) is 0.778. The maximum Gasteiger partial charge on any atom is 0.310 e. The molecule has 8 nitrogen and oxygen atoms in total. The van der Waals surface area contributed by atoms with E-state index < -0.39 is 4.92 Å². The predicted octanol–water partition coefficient (Wildman–Crippen LogP) is 4.22. The van der Waals surface area contributed by atoms with E-state index in [2.05, 4.69) is 26.5 Å². The van der Waals surface area contributed by atoms with Crippen molar-refractivity contribution in [1.82, 2.24) is 5.43 Å². The predicted molar refractivity (Wildman–Crippen MR) is 110 cm³/mol. The van der Waals surface area contributed by atoms with Crippen LogP contribution in [-0.4, -0.2) is 17.0 Å². The Hall–Kier alpha value is -3.46. The molecule has 3 aromatic rings. The highest BCUT2D eigenvalue weighted by Gasteiger charge is 2.14. The smallest absolute Gasteiger partial charge is 0.310 e. The summed E-state index contributed by atoms with van der Waals surface area (Å²) in [6.45, 7) is 0.0224. The van der Waals surface area contributed by atoms with E-state index in [1.54, 1.807) is 24.3 Å². The van der Waals surface area contributed by atoms with Gasteiger partial charge in [0, 0.05) is 10.5 Å². The molecule has 1 aromatic heterocycles. The van der Waals surface area contributed by atoms with Gasteiger partial charge in [0.25, 0.3) is 0 Å². The third kappa shape index (κ3) is 6.01. The third-order valence-corrected chi connectivity index (χ3v) is 4.30. The second-order valence-corrected chi connectivity index (χ2v) is 6.83. The molecule has 0 bridgehead atoms. The molecule has 3 rings (SSSR count). The summed E-state index contributed by atoms with van der Waals surface area (Å²) in [6, 6.07) is 16.9. The molecule has 0 saturated carbocycles. The molecule has 0 spiro atoms. The van der Waals surface area contributed by atoms with Crippen LogP contribution in [0.2, 0.25) is 0 Å². The number of hydrogen-bond acceptors (Lipinski definition) is 6. The SMILES string of the molecule is O=C(Cc1ccc(Br)cc1)N/N=C/c1ccc(COc2ccccc2[N+](=O)[O-])o1. The number of carbonyl (C=O) groups excluding carboxylic acids is 1. The fraction of sp³-hybridized carbons (Fsp3) is 0.100. The van der Waals surface area contributed by atoms with Crippen molar-refractivity contribution in [2.75, 3.05) is 0 Å². The Morgan fingerprint density at radius 2 is 1.93 bits per heavy atom. The summed E-state index contributed by atoms with van der Waals surface area (Å²) >= 11 is 3.34. The molecule has 0 unspecified atom stereocenters. The van der Waals surface area contributed by atoms with Crippen molar-refractivity contribution < 1.29 is 18.9 Å². The van der Waals surface area contributed by atoms with Gasteiger partial charge in [-0.15, -0.1) is 0 Å². The Labute approximate surface area is 174 Å². The Kier molecular flexibility index (Phi) is 6.75. The fourth-order valence-corrected chi connectivity index (χ4v) is 2.68. The van der Waals surface area contributed by atoms with Crippen LogP contribution < -0.4 is 10.2 Å². The summed E-state index contributed by atoms with van der Waals surface area (Å²) in [5, 5.41) is 14.9. The number of halogens is 1. The Morgan fingerprint density at radius 3 is 2.69 bits per heavy atom. The van der Waals surface area contributed by atoms with Gasteiger partial charge in [-0.2, -0.15) is 5.10 Å². The molecule has 0 aliphatic rings. The van der Waals surface area contributed by atoms with Crippen LogP contribution in [0.4, 0.5) is 5.69 Å². The number of benzene rings is 2. The van der Waals surface area contributed by atoms with Gasteiger partial charge in [0.1, 0.15) is 18.1 Å². The van der Waals surface area contributed by atoms with Crippen LogP contribution in [0.25, 0.3) is 0 Å². The van der Waals surface area contributed by atoms with E-state index in [0.717, 1.165) is 10.0 Å². The van der Waals surface area contributed by atoms with Crippen molar-refractivity contribution in [3.05, 3.63) is 92.3 Å². The molecule has 2 aromatic carbocycles. The maximum atomic E-state index is 11.9. The largest absolute Gasteiger partial charge is 0.479 e. The van der Waals surface area contributed by atoms with E-state index in [1.807, 2.05) is 24.3 Å². The molecular formula is C20H16BrN3O5. The second-order valence-electron chi connectivity index (χ2n) is 5.91. The van der Waals surface area contributed by atoms with Gasteiger partial charge < -0.3 is 9.15 Å². The summed E-state index contributed by atoms with van der Waals surface area (Å²) in [6.07, 6.45) is 1.58. The van der Waals surface area contributed by atoms with Gasteiger partial charge in [0.2, 0.25) is 5.91 Å². The summed E-state index contributed by atoms with van der Waals surface area (Å²) in [4.78, 5) is 22.4. The number of amides is 1. The molecule has 1 heterocycles. The van der Waals surface area contributed by atoms with Crippen molar-refractivity contribution in [2.45, 2.75) is 13.0 Å². The van der Waals surface area contributed by atoms with Crippen LogP contribution in [0.1, 0.15) is 17.1 Å². The maximum absolute atomic E-state index is 11.9. The zero-order valence-electron chi connectivity index (χ0n) is 15.1. The topological polar surface area (TPSA) is 107 Å². The molecule has 1 N–H and O–H groups in total. The standard InChI is InChI=1S/C20H16BrN3O5/c21-15-7-5-14(6-8-15)11-20(25)23-22-12-16-9-10-17(29-16)13-28-19-4-2-1-3-18(19)24(26)27/h1-10,12H,11,13H2,(H,23,25)/b22-12+. The second kappa shape index (κ2) is 9.65. The molecule has 0 saturated heterocycles. The lowest BCUT2D eigenvalue weighted by molar-refractivity contribution is -0.386. The molecule has 9 heteroatoms. The molecule has 0 atom stereocenters. The van der Waals surface area contributed by atoms with Gasteiger partial charge >= 0.3 is 5.69 Å². The molecule has 29 heavy (non-hydrogen) atoms. The highest BCUT2D eigenvalue weighted by atomic mass is 79.9. The highest BCUT2D eigenvalue weighted by Crippen LogP contribution is 2.26. The van der Waals surface area contributed by atoms with Crippen LogP contribution in [0.5, 0.6) is 5.75 Å². The monoisotopic (exact) mass is 457 g/mol. The number of nitro benzene ring substituents is 1. The van der Waals surface area contributed by atoms with Gasteiger partial charge in [-0.05, 0) is 35.9 Å². The van der Waals surface area contributed by atoms with Crippen LogP contribution in [0.3, 0.4) is 0 Å². The minimum absolute atomic E-state index is 0.0224. The first-order valence-electron chi connectivity index (χ1n) is 8.52. The minimum Gasteiger partial charge on any atom is -0.479 e. The molecule has 0 aliphatic carbocycles. The van der Waals surface area contributed by atoms with Crippen molar-refractivity contribution in [3.8, 4) is 5.75 Å². The average Bonchev–Trinajstić information content (AvgIpc) is 3.16. The van der Waals surface area contributed by atoms with Gasteiger partial charge in [-0.3, -0.25) is 14.9 Å². The Bertz CT molecular complexity index is 1030. The van der Waals surface area contributed by atoms with Crippen LogP contribution >= 0.6 is 15.9 Å². The zero-order chi connectivity index (χ0) is 20.6. The number of rotatable bonds is 8. The van der Waals surface area contributed by atoms with Gasteiger partial charge in [0.05, 0.1) is 17.6 Å². The van der Waals surface area contributed by atoms with Crippen molar-refractivity contribution in [3.63, 3.8) is 0 Å². The van der Waals surface area contributed by atoms with Crippen LogP contribution in [-0.2, 0) is 17.8 Å². The van der Waals surface area contributed by atoms with E-state index in [9.17, 15) is 14.9 Å². The third-order valence-electron chi connectivity index (χ3n) is 3.77. The number of hydrazone groups is 1. The van der Waals surface area contributed by atoms with Crippen LogP contribution in [0.15, 0.2) is 74.7 Å². The number of nitrogens with one attached hydrogen (secondary N) is 1. The normalized spacial score (nSPS) is 10.8. The molecule has 0 fully saturated rings.